The van der Waals surface area contributed by atoms with Gasteiger partial charge >= 0.3 is 38.7 Å². The molecule has 0 atom stereocenters. The van der Waals surface area contributed by atoms with Crippen LogP contribution >= 0.6 is 7.81 Å². The Kier molecular flexibility index (Phi) is 5.95. The fourth-order valence-corrected chi connectivity index (χ4v) is 2.33. The summed E-state index contributed by atoms with van der Waals surface area (Å²) in [6.45, 7) is 6.18. The first-order valence-corrected chi connectivity index (χ1v) is 9.64. The Balaban J connectivity index is 0.000000412. The molecule has 0 aliphatic heterocycles. The third-order valence-corrected chi connectivity index (χ3v) is 3.31. The molecule has 0 aliphatic carbocycles. The van der Waals surface area contributed by atoms with Crippen LogP contribution in [0.25, 0.3) is 16.1 Å². The zero-order valence-corrected chi connectivity index (χ0v) is 15.0. The van der Waals surface area contributed by atoms with Crippen LogP contribution in [0.1, 0.15) is 13.8 Å². The van der Waals surface area contributed by atoms with E-state index >= 15 is 0 Å². The van der Waals surface area contributed by atoms with E-state index in [0.717, 1.165) is 24.2 Å². The first-order valence-electron chi connectivity index (χ1n) is 7.61. The summed E-state index contributed by atoms with van der Waals surface area (Å²) >= 11 is 0. The van der Waals surface area contributed by atoms with E-state index < -0.39 is 7.81 Å². The number of hydrogen-bond acceptors (Lipinski definition) is 2. The van der Waals surface area contributed by atoms with Gasteiger partial charge in [0.1, 0.15) is 0 Å². The van der Waals surface area contributed by atoms with Crippen molar-refractivity contribution in [3.05, 3.63) is 53.5 Å². The number of hydrogen-bond donors (Lipinski definition) is 0. The van der Waals surface area contributed by atoms with Gasteiger partial charge < -0.3 is 4.90 Å². The number of nitrogens with zero attached hydrogens (tertiary/aromatic N) is 3. The summed E-state index contributed by atoms with van der Waals surface area (Å²) in [4.78, 5) is 5.68. The van der Waals surface area contributed by atoms with Crippen molar-refractivity contribution in [2.24, 2.45) is 0 Å². The Morgan fingerprint density at radius 1 is 0.808 bits per heavy atom. The Morgan fingerprint density at radius 2 is 1.23 bits per heavy atom. The summed E-state index contributed by atoms with van der Waals surface area (Å²) < 4.78 is 59.2. The third-order valence-electron chi connectivity index (χ3n) is 3.31. The fraction of sp³-hybridized carbons (Fsp3) is 0.250. The number of halogens is 6. The van der Waals surface area contributed by atoms with Crippen LogP contribution in [0.5, 0.6) is 0 Å². The van der Waals surface area contributed by atoms with Crippen LogP contribution in [0.4, 0.5) is 36.6 Å². The molecule has 0 aromatic heterocycles. The molecule has 2 aromatic carbocycles. The molecule has 0 aliphatic rings. The van der Waals surface area contributed by atoms with Crippen molar-refractivity contribution < 1.29 is 25.2 Å². The van der Waals surface area contributed by atoms with Crippen molar-refractivity contribution in [2.75, 3.05) is 18.0 Å². The molecule has 3 nitrogen and oxygen atoms in total. The van der Waals surface area contributed by atoms with Gasteiger partial charge in [-0.15, -0.1) is 0 Å². The molecule has 144 valence electrons. The number of rotatable bonds is 4. The van der Waals surface area contributed by atoms with Crippen LogP contribution in [-0.4, -0.2) is 13.1 Å². The normalized spacial score (nSPS) is 13.5. The summed E-state index contributed by atoms with van der Waals surface area (Å²) in [5.74, 6) is 0. The van der Waals surface area contributed by atoms with Gasteiger partial charge in [0, 0.05) is 30.4 Å². The second-order valence-corrected chi connectivity index (χ2v) is 7.18. The first kappa shape index (κ1) is 21.7. The number of benzene rings is 2. The summed E-state index contributed by atoms with van der Waals surface area (Å²) in [7, 11) is -10.7. The zero-order chi connectivity index (χ0) is 20.1. The monoisotopic (exact) mass is 397 g/mol. The van der Waals surface area contributed by atoms with E-state index in [-0.39, 0.29) is 0 Å². The molecule has 0 spiro atoms. The van der Waals surface area contributed by atoms with Gasteiger partial charge in [0.2, 0.25) is 5.39 Å². The summed E-state index contributed by atoms with van der Waals surface area (Å²) in [6.07, 6.45) is 0. The van der Waals surface area contributed by atoms with Crippen molar-refractivity contribution in [1.82, 2.24) is 0 Å². The van der Waals surface area contributed by atoms with Crippen molar-refractivity contribution in [3.63, 3.8) is 0 Å². The maximum atomic E-state index is 9.87. The van der Waals surface area contributed by atoms with Crippen LogP contribution in [0.2, 0.25) is 0 Å². The van der Waals surface area contributed by atoms with Crippen LogP contribution in [-0.2, 0) is 0 Å². The van der Waals surface area contributed by atoms with Crippen LogP contribution in [0.3, 0.4) is 0 Å². The number of diazo groups is 1. The van der Waals surface area contributed by atoms with Crippen LogP contribution in [0, 0.1) is 5.39 Å². The Morgan fingerprint density at radius 3 is 1.69 bits per heavy atom. The van der Waals surface area contributed by atoms with Gasteiger partial charge in [0.15, 0.2) is 4.98 Å². The molecule has 10 heteroatoms. The van der Waals surface area contributed by atoms with E-state index in [1.54, 1.807) is 0 Å². The predicted molar refractivity (Wildman–Crippen MR) is 93.8 cm³/mol. The van der Waals surface area contributed by atoms with E-state index in [1.165, 1.54) is 5.69 Å². The average molecular weight is 397 g/mol. The van der Waals surface area contributed by atoms with E-state index in [2.05, 4.69) is 35.9 Å². The molecule has 2 rings (SSSR count). The Labute approximate surface area is 147 Å². The van der Waals surface area contributed by atoms with Gasteiger partial charge in [-0.2, -0.15) is 0 Å². The molecule has 0 saturated heterocycles. The van der Waals surface area contributed by atoms with Gasteiger partial charge in [0.05, 0.1) is 5.56 Å². The van der Waals surface area contributed by atoms with Gasteiger partial charge in [-0.3, -0.25) is 0 Å². The quantitative estimate of drug-likeness (QED) is 0.297. The second kappa shape index (κ2) is 7.12. The topological polar surface area (TPSA) is 31.4 Å². The molecule has 0 N–H and O–H groups in total. The Hall–Kier alpha value is -2.33. The van der Waals surface area contributed by atoms with Crippen molar-refractivity contribution in [3.8, 4) is 11.1 Å². The molecular formula is C16H18F6N3P. The Bertz CT molecular complexity index is 784. The zero-order valence-electron chi connectivity index (χ0n) is 14.1. The maximum absolute atomic E-state index is 10.7. The molecule has 0 bridgehead atoms. The molecule has 0 unspecified atom stereocenters. The van der Waals surface area contributed by atoms with Gasteiger partial charge in [0.25, 0.3) is 0 Å². The standard InChI is InChI=1S/C16H18N3.F6P/c1-3-19(4-2)16-12-8-6-10-14(16)13-9-5-7-11-15(13)18-17;1-7(2,3,4,5)6/h5-12H,3-4H2,1-2H3;/q+1;-1. The fourth-order valence-electron chi connectivity index (χ4n) is 2.33. The average Bonchev–Trinajstić information content (AvgIpc) is 2.53. The second-order valence-electron chi connectivity index (χ2n) is 5.26. The van der Waals surface area contributed by atoms with E-state index in [4.69, 9.17) is 5.39 Å². The minimum absolute atomic E-state index is 0.599. The molecule has 0 radical (unpaired) electrons. The molecule has 0 heterocycles. The molecule has 26 heavy (non-hydrogen) atoms. The SMILES string of the molecule is CCN(CC)c1ccccc1-c1ccccc1[N+]#N.F[P-](F)(F)(F)(F)F. The first-order chi connectivity index (χ1) is 11.8. The summed E-state index contributed by atoms with van der Waals surface area (Å²) in [5, 5.41) is 9.14. The van der Waals surface area contributed by atoms with E-state index in [9.17, 15) is 25.2 Å². The predicted octanol–water partition coefficient (Wildman–Crippen LogP) is 8.07. The van der Waals surface area contributed by atoms with Gasteiger partial charge in [-0.25, -0.2) is 0 Å². The van der Waals surface area contributed by atoms with Gasteiger partial charge in [-0.05, 0) is 26.0 Å². The molecule has 0 saturated carbocycles. The number of anilines is 1. The third kappa shape index (κ3) is 8.17. The summed E-state index contributed by atoms with van der Waals surface area (Å²) in [5.41, 5.74) is 3.82. The molecular weight excluding hydrogens is 379 g/mol. The van der Waals surface area contributed by atoms with Crippen molar-refractivity contribution >= 4 is 19.2 Å². The minimum atomic E-state index is -10.7. The van der Waals surface area contributed by atoms with Crippen molar-refractivity contribution in [2.45, 2.75) is 13.8 Å². The van der Waals surface area contributed by atoms with Gasteiger partial charge in [-0.1, -0.05) is 30.3 Å². The van der Waals surface area contributed by atoms with Crippen LogP contribution < -0.4 is 4.90 Å². The summed E-state index contributed by atoms with van der Waals surface area (Å²) in [6, 6.07) is 15.9. The molecule has 2 aromatic rings. The molecule has 0 fully saturated rings. The van der Waals surface area contributed by atoms with E-state index in [0.29, 0.717) is 5.69 Å². The van der Waals surface area contributed by atoms with E-state index in [1.807, 2.05) is 36.4 Å². The number of para-hydroxylation sites is 1. The van der Waals surface area contributed by atoms with Crippen LogP contribution in [0.15, 0.2) is 48.5 Å². The van der Waals surface area contributed by atoms with Crippen molar-refractivity contribution in [1.29, 1.82) is 5.39 Å². The molecule has 0 amide bonds.